The Bertz CT molecular complexity index is 760. The molecule has 1 aromatic heterocycles. The molecule has 2 aromatic rings. The molecule has 7 heteroatoms. The number of hydrogen-bond donors (Lipinski definition) is 2. The lowest BCUT2D eigenvalue weighted by molar-refractivity contribution is -0.122. The Balaban J connectivity index is 1.69. The summed E-state index contributed by atoms with van der Waals surface area (Å²) in [6.45, 7) is 0.170. The van der Waals surface area contributed by atoms with Crippen LogP contribution in [-0.2, 0) is 11.3 Å². The molecule has 134 valence electrons. The third kappa shape index (κ3) is 4.92. The van der Waals surface area contributed by atoms with Gasteiger partial charge in [0.05, 0.1) is 0 Å². The van der Waals surface area contributed by atoms with Gasteiger partial charge in [-0.3, -0.25) is 14.5 Å². The zero-order valence-electron chi connectivity index (χ0n) is 14.1. The zero-order chi connectivity index (χ0) is 17.6. The first kappa shape index (κ1) is 18.1. The zero-order valence-corrected chi connectivity index (χ0v) is 15.7. The summed E-state index contributed by atoms with van der Waals surface area (Å²) in [6.07, 6.45) is 8.34. The van der Waals surface area contributed by atoms with E-state index in [0.717, 1.165) is 18.4 Å². The Labute approximate surface area is 157 Å². The van der Waals surface area contributed by atoms with Crippen molar-refractivity contribution >= 4 is 29.7 Å². The third-order valence-electron chi connectivity index (χ3n) is 4.63. The van der Waals surface area contributed by atoms with E-state index >= 15 is 0 Å². The molecule has 0 saturated heterocycles. The van der Waals surface area contributed by atoms with Gasteiger partial charge in [-0.05, 0) is 49.3 Å². The van der Waals surface area contributed by atoms with Crippen molar-refractivity contribution in [3.8, 4) is 11.4 Å². The highest BCUT2D eigenvalue weighted by Crippen LogP contribution is 2.20. The minimum absolute atomic E-state index is 0.0155. The number of carbonyl (C=O) groups is 1. The van der Waals surface area contributed by atoms with E-state index in [0.29, 0.717) is 15.6 Å². The molecule has 1 aliphatic carbocycles. The highest BCUT2D eigenvalue weighted by atomic mass is 35.5. The molecule has 3 rings (SSSR count). The average molecular weight is 379 g/mol. The highest BCUT2D eigenvalue weighted by Gasteiger charge is 2.17. The molecule has 0 bridgehead atoms. The van der Waals surface area contributed by atoms with Gasteiger partial charge in [-0.25, -0.2) is 0 Å². The lowest BCUT2D eigenvalue weighted by Crippen LogP contribution is -2.37. The van der Waals surface area contributed by atoms with Gasteiger partial charge in [0.25, 0.3) is 0 Å². The van der Waals surface area contributed by atoms with Crippen molar-refractivity contribution in [2.24, 2.45) is 0 Å². The summed E-state index contributed by atoms with van der Waals surface area (Å²) >= 11 is 11.2. The summed E-state index contributed by atoms with van der Waals surface area (Å²) in [6, 6.07) is 7.61. The molecule has 1 fully saturated rings. The summed E-state index contributed by atoms with van der Waals surface area (Å²) in [5.74, 6) is 0.632. The number of aromatic amines is 1. The van der Waals surface area contributed by atoms with Crippen LogP contribution in [0.5, 0.6) is 0 Å². The number of benzene rings is 1. The largest absolute Gasteiger partial charge is 0.352 e. The van der Waals surface area contributed by atoms with Gasteiger partial charge < -0.3 is 5.32 Å². The molecule has 25 heavy (non-hydrogen) atoms. The van der Waals surface area contributed by atoms with Gasteiger partial charge >= 0.3 is 0 Å². The summed E-state index contributed by atoms with van der Waals surface area (Å²) in [4.78, 5) is 12.5. The summed E-state index contributed by atoms with van der Waals surface area (Å²) < 4.78 is 2.18. The van der Waals surface area contributed by atoms with Gasteiger partial charge in [0.2, 0.25) is 5.91 Å². The molecule has 0 atom stereocenters. The van der Waals surface area contributed by atoms with Gasteiger partial charge in [-0.15, -0.1) is 0 Å². The van der Waals surface area contributed by atoms with Crippen LogP contribution in [0.15, 0.2) is 24.3 Å². The number of hydrogen-bond acceptors (Lipinski definition) is 3. The highest BCUT2D eigenvalue weighted by molar-refractivity contribution is 7.71. The molecule has 0 unspecified atom stereocenters. The van der Waals surface area contributed by atoms with Crippen LogP contribution in [0.2, 0.25) is 5.02 Å². The number of amides is 1. The number of H-pyrrole nitrogens is 1. The minimum Gasteiger partial charge on any atom is -0.352 e. The quantitative estimate of drug-likeness (QED) is 0.770. The number of rotatable bonds is 4. The molecular weight excluding hydrogens is 356 g/mol. The van der Waals surface area contributed by atoms with Crippen molar-refractivity contribution < 1.29 is 4.79 Å². The molecule has 1 aliphatic rings. The van der Waals surface area contributed by atoms with Crippen molar-refractivity contribution in [3.63, 3.8) is 0 Å². The Kier molecular flexibility index (Phi) is 6.26. The van der Waals surface area contributed by atoms with Crippen LogP contribution in [0.4, 0.5) is 0 Å². The molecule has 0 spiro atoms. The second-order valence-corrected chi connectivity index (χ2v) is 7.38. The predicted molar refractivity (Wildman–Crippen MR) is 102 cm³/mol. The molecule has 1 amide bonds. The summed E-state index contributed by atoms with van der Waals surface area (Å²) in [5, 5.41) is 10.9. The van der Waals surface area contributed by atoms with Gasteiger partial charge in [-0.2, -0.15) is 5.10 Å². The molecule has 1 aromatic carbocycles. The SMILES string of the molecule is O=C(Cn1c(-c2ccc(Cl)cc2)n[nH]c1=S)NC1CCCCCCC1. The first-order chi connectivity index (χ1) is 12.1. The van der Waals surface area contributed by atoms with Gasteiger partial charge in [0, 0.05) is 16.6 Å². The lowest BCUT2D eigenvalue weighted by atomic mass is 9.97. The maximum atomic E-state index is 12.5. The van der Waals surface area contributed by atoms with E-state index in [1.165, 1.54) is 32.1 Å². The molecule has 0 aliphatic heterocycles. The lowest BCUT2D eigenvalue weighted by Gasteiger charge is -2.21. The number of nitrogens with one attached hydrogen (secondary N) is 2. The van der Waals surface area contributed by atoms with Crippen molar-refractivity contribution in [1.29, 1.82) is 0 Å². The predicted octanol–water partition coefficient (Wildman–Crippen LogP) is 4.49. The van der Waals surface area contributed by atoms with Crippen LogP contribution in [0.1, 0.15) is 44.9 Å². The van der Waals surface area contributed by atoms with Gasteiger partial charge in [-0.1, -0.05) is 43.7 Å². The van der Waals surface area contributed by atoms with Crippen molar-refractivity contribution in [1.82, 2.24) is 20.1 Å². The first-order valence-corrected chi connectivity index (χ1v) is 9.62. The fraction of sp³-hybridized carbons (Fsp3) is 0.500. The number of aromatic nitrogens is 3. The smallest absolute Gasteiger partial charge is 0.240 e. The van der Waals surface area contributed by atoms with E-state index in [9.17, 15) is 4.79 Å². The second kappa shape index (κ2) is 8.63. The Morgan fingerprint density at radius 2 is 1.84 bits per heavy atom. The van der Waals surface area contributed by atoms with Crippen molar-refractivity contribution in [2.45, 2.75) is 57.5 Å². The van der Waals surface area contributed by atoms with E-state index in [4.69, 9.17) is 23.8 Å². The molecule has 5 nitrogen and oxygen atoms in total. The number of nitrogens with zero attached hydrogens (tertiary/aromatic N) is 2. The van der Waals surface area contributed by atoms with Crippen LogP contribution >= 0.6 is 23.8 Å². The number of halogens is 1. The Hall–Kier alpha value is -1.66. The van der Waals surface area contributed by atoms with Crippen molar-refractivity contribution in [3.05, 3.63) is 34.1 Å². The molecule has 1 heterocycles. The van der Waals surface area contributed by atoms with E-state index < -0.39 is 0 Å². The fourth-order valence-electron chi connectivity index (χ4n) is 3.30. The van der Waals surface area contributed by atoms with Crippen LogP contribution < -0.4 is 5.32 Å². The topological polar surface area (TPSA) is 62.7 Å². The average Bonchev–Trinajstić information content (AvgIpc) is 2.92. The Morgan fingerprint density at radius 3 is 2.52 bits per heavy atom. The normalized spacial score (nSPS) is 16.2. The summed E-state index contributed by atoms with van der Waals surface area (Å²) in [7, 11) is 0. The number of carbonyl (C=O) groups excluding carboxylic acids is 1. The first-order valence-electron chi connectivity index (χ1n) is 8.84. The molecule has 2 N–H and O–H groups in total. The van der Waals surface area contributed by atoms with Crippen LogP contribution in [0.25, 0.3) is 11.4 Å². The molecular formula is C18H23ClN4OS. The van der Waals surface area contributed by atoms with E-state index in [1.807, 2.05) is 12.1 Å². The van der Waals surface area contributed by atoms with Gasteiger partial charge in [0.15, 0.2) is 10.6 Å². The van der Waals surface area contributed by atoms with Crippen molar-refractivity contribution in [2.75, 3.05) is 0 Å². The molecule has 0 radical (unpaired) electrons. The Morgan fingerprint density at radius 1 is 1.20 bits per heavy atom. The van der Waals surface area contributed by atoms with Crippen LogP contribution in [0.3, 0.4) is 0 Å². The van der Waals surface area contributed by atoms with E-state index in [2.05, 4.69) is 15.5 Å². The fourth-order valence-corrected chi connectivity index (χ4v) is 3.62. The monoisotopic (exact) mass is 378 g/mol. The maximum absolute atomic E-state index is 12.5. The molecule has 1 saturated carbocycles. The maximum Gasteiger partial charge on any atom is 0.240 e. The minimum atomic E-state index is -0.0155. The van der Waals surface area contributed by atoms with Crippen LogP contribution in [0, 0.1) is 4.77 Å². The van der Waals surface area contributed by atoms with Gasteiger partial charge in [0.1, 0.15) is 6.54 Å². The second-order valence-electron chi connectivity index (χ2n) is 6.55. The van der Waals surface area contributed by atoms with Crippen LogP contribution in [-0.4, -0.2) is 26.7 Å². The summed E-state index contributed by atoms with van der Waals surface area (Å²) in [5.41, 5.74) is 0.871. The third-order valence-corrected chi connectivity index (χ3v) is 5.20. The van der Waals surface area contributed by atoms with E-state index in [1.54, 1.807) is 16.7 Å². The standard InChI is InChI=1S/C18H23ClN4OS/c19-14-10-8-13(9-11-14)17-21-22-18(25)23(17)12-16(24)20-15-6-4-2-1-3-5-7-15/h8-11,15H,1-7,12H2,(H,20,24)(H,22,25). The van der Waals surface area contributed by atoms with E-state index in [-0.39, 0.29) is 18.5 Å².